The Bertz CT molecular complexity index is 496. The molecule has 26 heavy (non-hydrogen) atoms. The van der Waals surface area contributed by atoms with E-state index < -0.39 is 17.7 Å². The molecule has 0 bridgehead atoms. The summed E-state index contributed by atoms with van der Waals surface area (Å²) in [5, 5.41) is 5.52. The number of hydrogen-bond donors (Lipinski definition) is 2. The molecule has 1 heterocycles. The highest BCUT2D eigenvalue weighted by molar-refractivity contribution is 5.85. The smallest absolute Gasteiger partial charge is 0.408 e. The molecule has 0 aliphatic carbocycles. The first-order valence-corrected chi connectivity index (χ1v) is 9.32. The number of nitrogens with zero attached hydrogens (tertiary/aromatic N) is 2. The maximum atomic E-state index is 12.5. The number of carbonyl (C=O) groups is 3. The van der Waals surface area contributed by atoms with E-state index in [0.717, 1.165) is 6.42 Å². The Hall–Kier alpha value is -1.83. The molecule has 1 rings (SSSR count). The standard InChI is InChI=1S/C18H34N4O4/c1-7-13(2)19-15(23)12-21-8-10-22(11-9-21)16(24)14(3)20-17(25)26-18(4,5)6/h13-14H,7-12H2,1-6H3,(H,19,23)(H,20,25). The first-order valence-electron chi connectivity index (χ1n) is 9.32. The van der Waals surface area contributed by atoms with Crippen molar-refractivity contribution in [3.05, 3.63) is 0 Å². The van der Waals surface area contributed by atoms with Crippen molar-refractivity contribution in [1.29, 1.82) is 0 Å². The Morgan fingerprint density at radius 1 is 1.04 bits per heavy atom. The van der Waals surface area contributed by atoms with Crippen molar-refractivity contribution in [2.24, 2.45) is 0 Å². The van der Waals surface area contributed by atoms with Crippen LogP contribution in [0.1, 0.15) is 48.0 Å². The van der Waals surface area contributed by atoms with Crippen LogP contribution in [0, 0.1) is 0 Å². The monoisotopic (exact) mass is 370 g/mol. The second-order valence-electron chi connectivity index (χ2n) is 7.85. The van der Waals surface area contributed by atoms with Gasteiger partial charge in [-0.15, -0.1) is 0 Å². The summed E-state index contributed by atoms with van der Waals surface area (Å²) in [6.07, 6.45) is 0.301. The normalized spacial score (nSPS) is 18.0. The molecule has 0 aromatic heterocycles. The summed E-state index contributed by atoms with van der Waals surface area (Å²) >= 11 is 0. The van der Waals surface area contributed by atoms with Gasteiger partial charge < -0.3 is 20.3 Å². The van der Waals surface area contributed by atoms with Crippen molar-refractivity contribution >= 4 is 17.9 Å². The van der Waals surface area contributed by atoms with Gasteiger partial charge in [-0.1, -0.05) is 6.92 Å². The minimum absolute atomic E-state index is 0.0130. The van der Waals surface area contributed by atoms with Gasteiger partial charge in [0.1, 0.15) is 11.6 Å². The van der Waals surface area contributed by atoms with E-state index in [1.54, 1.807) is 32.6 Å². The van der Waals surface area contributed by atoms with Gasteiger partial charge in [0.15, 0.2) is 0 Å². The fourth-order valence-electron chi connectivity index (χ4n) is 2.57. The quantitative estimate of drug-likeness (QED) is 0.727. The Balaban J connectivity index is 2.38. The van der Waals surface area contributed by atoms with E-state index in [4.69, 9.17) is 4.74 Å². The van der Waals surface area contributed by atoms with Crippen molar-refractivity contribution in [3.8, 4) is 0 Å². The highest BCUT2D eigenvalue weighted by Crippen LogP contribution is 2.08. The summed E-state index contributed by atoms with van der Waals surface area (Å²) in [4.78, 5) is 39.9. The minimum Gasteiger partial charge on any atom is -0.444 e. The summed E-state index contributed by atoms with van der Waals surface area (Å²) in [5.74, 6) is -0.126. The van der Waals surface area contributed by atoms with Gasteiger partial charge in [0, 0.05) is 32.2 Å². The van der Waals surface area contributed by atoms with E-state index in [9.17, 15) is 14.4 Å². The topological polar surface area (TPSA) is 91.0 Å². The third kappa shape index (κ3) is 8.03. The molecule has 2 atom stereocenters. The van der Waals surface area contributed by atoms with Crippen LogP contribution in [-0.2, 0) is 14.3 Å². The first kappa shape index (κ1) is 22.2. The molecule has 0 spiro atoms. The third-order valence-corrected chi connectivity index (χ3v) is 4.17. The van der Waals surface area contributed by atoms with Crippen LogP contribution in [0.4, 0.5) is 4.79 Å². The number of amides is 3. The van der Waals surface area contributed by atoms with Crippen LogP contribution in [0.5, 0.6) is 0 Å². The average Bonchev–Trinajstić information content (AvgIpc) is 2.52. The zero-order chi connectivity index (χ0) is 19.9. The van der Waals surface area contributed by atoms with E-state index >= 15 is 0 Å². The van der Waals surface area contributed by atoms with E-state index in [-0.39, 0.29) is 17.9 Å². The summed E-state index contributed by atoms with van der Waals surface area (Å²) in [6, 6.07) is -0.477. The van der Waals surface area contributed by atoms with Crippen LogP contribution in [0.15, 0.2) is 0 Å². The lowest BCUT2D eigenvalue weighted by atomic mass is 10.2. The summed E-state index contributed by atoms with van der Waals surface area (Å²) < 4.78 is 5.17. The summed E-state index contributed by atoms with van der Waals surface area (Å²) in [7, 11) is 0. The molecule has 2 N–H and O–H groups in total. The Morgan fingerprint density at radius 3 is 2.12 bits per heavy atom. The zero-order valence-corrected chi connectivity index (χ0v) is 16.9. The van der Waals surface area contributed by atoms with Gasteiger partial charge in [-0.25, -0.2) is 4.79 Å². The van der Waals surface area contributed by atoms with Crippen molar-refractivity contribution in [2.75, 3.05) is 32.7 Å². The van der Waals surface area contributed by atoms with Crippen LogP contribution in [0.25, 0.3) is 0 Å². The van der Waals surface area contributed by atoms with Crippen molar-refractivity contribution in [2.45, 2.75) is 65.6 Å². The minimum atomic E-state index is -0.648. The first-order chi connectivity index (χ1) is 12.0. The van der Waals surface area contributed by atoms with Crippen molar-refractivity contribution < 1.29 is 19.1 Å². The molecule has 0 aromatic carbocycles. The zero-order valence-electron chi connectivity index (χ0n) is 16.9. The van der Waals surface area contributed by atoms with Crippen LogP contribution >= 0.6 is 0 Å². The number of rotatable bonds is 6. The number of alkyl carbamates (subject to hydrolysis) is 1. The molecule has 1 fully saturated rings. The highest BCUT2D eigenvalue weighted by Gasteiger charge is 2.27. The van der Waals surface area contributed by atoms with Crippen molar-refractivity contribution in [3.63, 3.8) is 0 Å². The van der Waals surface area contributed by atoms with Gasteiger partial charge in [-0.05, 0) is 41.0 Å². The second kappa shape index (κ2) is 9.75. The van der Waals surface area contributed by atoms with Gasteiger partial charge in [-0.3, -0.25) is 14.5 Å². The SMILES string of the molecule is CCC(C)NC(=O)CN1CCN(C(=O)C(C)NC(=O)OC(C)(C)C)CC1. The molecule has 3 amide bonds. The Kier molecular flexibility index (Phi) is 8.33. The van der Waals surface area contributed by atoms with E-state index in [2.05, 4.69) is 10.6 Å². The van der Waals surface area contributed by atoms with Crippen LogP contribution < -0.4 is 10.6 Å². The summed E-state index contributed by atoms with van der Waals surface area (Å²) in [5.41, 5.74) is -0.603. The molecule has 0 saturated carbocycles. The maximum absolute atomic E-state index is 12.5. The number of carbonyl (C=O) groups excluding carboxylic acids is 3. The number of ether oxygens (including phenoxy) is 1. The molecular weight excluding hydrogens is 336 g/mol. The number of piperazine rings is 1. The average molecular weight is 370 g/mol. The lowest BCUT2D eigenvalue weighted by Crippen LogP contribution is -2.55. The Labute approximate surface area is 156 Å². The molecule has 0 radical (unpaired) electrons. The molecule has 1 aliphatic rings. The predicted molar refractivity (Wildman–Crippen MR) is 99.7 cm³/mol. The third-order valence-electron chi connectivity index (χ3n) is 4.17. The molecule has 0 aromatic rings. The summed E-state index contributed by atoms with van der Waals surface area (Å²) in [6.45, 7) is 13.7. The van der Waals surface area contributed by atoms with Crippen LogP contribution in [0.3, 0.4) is 0 Å². The predicted octanol–water partition coefficient (Wildman–Crippen LogP) is 0.959. The fourth-order valence-corrected chi connectivity index (χ4v) is 2.57. The van der Waals surface area contributed by atoms with Gasteiger partial charge in [-0.2, -0.15) is 0 Å². The molecule has 1 aliphatic heterocycles. The van der Waals surface area contributed by atoms with Crippen LogP contribution in [-0.4, -0.2) is 78.1 Å². The molecule has 2 unspecified atom stereocenters. The molecule has 8 nitrogen and oxygen atoms in total. The second-order valence-corrected chi connectivity index (χ2v) is 7.85. The van der Waals surface area contributed by atoms with Gasteiger partial charge in [0.2, 0.25) is 11.8 Å². The largest absolute Gasteiger partial charge is 0.444 e. The fraction of sp³-hybridized carbons (Fsp3) is 0.833. The molecule has 8 heteroatoms. The van der Waals surface area contributed by atoms with Gasteiger partial charge >= 0.3 is 6.09 Å². The Morgan fingerprint density at radius 2 is 1.62 bits per heavy atom. The molecule has 1 saturated heterocycles. The van der Waals surface area contributed by atoms with Gasteiger partial charge in [0.25, 0.3) is 0 Å². The number of hydrogen-bond acceptors (Lipinski definition) is 5. The molecular formula is C18H34N4O4. The van der Waals surface area contributed by atoms with Crippen LogP contribution in [0.2, 0.25) is 0 Å². The highest BCUT2D eigenvalue weighted by atomic mass is 16.6. The lowest BCUT2D eigenvalue weighted by molar-refractivity contribution is -0.135. The molecule has 150 valence electrons. The van der Waals surface area contributed by atoms with Crippen molar-refractivity contribution in [1.82, 2.24) is 20.4 Å². The number of nitrogens with one attached hydrogen (secondary N) is 2. The van der Waals surface area contributed by atoms with E-state index in [0.29, 0.717) is 32.7 Å². The van der Waals surface area contributed by atoms with E-state index in [1.807, 2.05) is 18.7 Å². The lowest BCUT2D eigenvalue weighted by Gasteiger charge is -2.35. The van der Waals surface area contributed by atoms with Gasteiger partial charge in [0.05, 0.1) is 6.54 Å². The maximum Gasteiger partial charge on any atom is 0.408 e. The van der Waals surface area contributed by atoms with E-state index in [1.165, 1.54) is 0 Å².